The fraction of sp³-hybridized carbons (Fsp3) is 0.478. The molecule has 136 valence electrons. The van der Waals surface area contributed by atoms with Crippen LogP contribution in [-0.4, -0.2) is 13.7 Å². The van der Waals surface area contributed by atoms with E-state index < -0.39 is 0 Å². The second-order valence-electron chi connectivity index (χ2n) is 8.65. The number of ether oxygens (including phenoxy) is 2. The van der Waals surface area contributed by atoms with Crippen molar-refractivity contribution >= 4 is 0 Å². The van der Waals surface area contributed by atoms with Crippen LogP contribution in [0.2, 0.25) is 0 Å². The van der Waals surface area contributed by atoms with Crippen molar-refractivity contribution in [3.05, 3.63) is 59.2 Å². The zero-order chi connectivity index (χ0) is 18.7. The molecule has 0 radical (unpaired) electrons. The Labute approximate surface area is 153 Å². The van der Waals surface area contributed by atoms with Crippen LogP contribution in [0.3, 0.4) is 0 Å². The number of benzene rings is 2. The second-order valence-corrected chi connectivity index (χ2v) is 8.65. The van der Waals surface area contributed by atoms with E-state index in [0.717, 1.165) is 24.5 Å². The van der Waals surface area contributed by atoms with Crippen molar-refractivity contribution < 1.29 is 9.47 Å². The molecule has 3 rings (SSSR count). The standard InChI is InChI=1S/C12H16O.C11H16O/c1-12(2,3)10-4-5-11-9(8-10)6-7-13-11;1-11(2,3)9-5-7-10(12-4)8-6-9/h4-5,8H,6-7H2,1-3H3;5-8H,1-4H3. The van der Waals surface area contributed by atoms with E-state index in [4.69, 9.17) is 9.47 Å². The summed E-state index contributed by atoms with van der Waals surface area (Å²) in [5.74, 6) is 2.00. The molecule has 0 spiro atoms. The molecule has 0 fully saturated rings. The van der Waals surface area contributed by atoms with Gasteiger partial charge < -0.3 is 9.47 Å². The SMILES string of the molecule is CC(C)(C)c1ccc2c(c1)CCO2.COc1ccc(C(C)(C)C)cc1. The summed E-state index contributed by atoms with van der Waals surface area (Å²) in [6, 6.07) is 14.8. The van der Waals surface area contributed by atoms with Gasteiger partial charge in [-0.15, -0.1) is 0 Å². The Morgan fingerprint density at radius 1 is 0.800 bits per heavy atom. The molecule has 1 heterocycles. The molecule has 0 saturated carbocycles. The number of rotatable bonds is 1. The van der Waals surface area contributed by atoms with Gasteiger partial charge in [-0.2, -0.15) is 0 Å². The summed E-state index contributed by atoms with van der Waals surface area (Å²) >= 11 is 0. The third-order valence-corrected chi connectivity index (χ3v) is 4.51. The summed E-state index contributed by atoms with van der Waals surface area (Å²) in [5.41, 5.74) is 4.58. The van der Waals surface area contributed by atoms with Crippen molar-refractivity contribution in [2.75, 3.05) is 13.7 Å². The van der Waals surface area contributed by atoms with E-state index in [0.29, 0.717) is 0 Å². The van der Waals surface area contributed by atoms with Crippen LogP contribution in [0.15, 0.2) is 42.5 Å². The van der Waals surface area contributed by atoms with Gasteiger partial charge in [-0.05, 0) is 45.7 Å². The Morgan fingerprint density at radius 3 is 1.88 bits per heavy atom. The second kappa shape index (κ2) is 7.51. The number of fused-ring (bicyclic) bond motifs is 1. The maximum atomic E-state index is 5.47. The molecule has 0 atom stereocenters. The Bertz CT molecular complexity index is 686. The van der Waals surface area contributed by atoms with Gasteiger partial charge in [0.05, 0.1) is 13.7 Å². The third-order valence-electron chi connectivity index (χ3n) is 4.51. The predicted octanol–water partition coefficient (Wildman–Crippen LogP) is 5.91. The van der Waals surface area contributed by atoms with E-state index in [1.165, 1.54) is 16.7 Å². The molecule has 0 amide bonds. The minimum Gasteiger partial charge on any atom is -0.497 e. The smallest absolute Gasteiger partial charge is 0.122 e. The Balaban J connectivity index is 0.000000181. The fourth-order valence-corrected chi connectivity index (χ4v) is 2.74. The van der Waals surface area contributed by atoms with Gasteiger partial charge in [-0.25, -0.2) is 0 Å². The van der Waals surface area contributed by atoms with E-state index in [2.05, 4.69) is 71.9 Å². The maximum absolute atomic E-state index is 5.47. The summed E-state index contributed by atoms with van der Waals surface area (Å²) < 4.78 is 10.5. The van der Waals surface area contributed by atoms with Gasteiger partial charge >= 0.3 is 0 Å². The third kappa shape index (κ3) is 5.26. The molecule has 0 N–H and O–H groups in total. The highest BCUT2D eigenvalue weighted by Crippen LogP contribution is 2.31. The minimum atomic E-state index is 0.228. The van der Waals surface area contributed by atoms with Crippen LogP contribution in [0.1, 0.15) is 58.2 Å². The molecule has 0 aromatic heterocycles. The Morgan fingerprint density at radius 2 is 1.36 bits per heavy atom. The lowest BCUT2D eigenvalue weighted by Crippen LogP contribution is -2.10. The lowest BCUT2D eigenvalue weighted by Gasteiger charge is -2.19. The monoisotopic (exact) mass is 340 g/mol. The van der Waals surface area contributed by atoms with Gasteiger partial charge in [0.1, 0.15) is 11.5 Å². The first-order valence-corrected chi connectivity index (χ1v) is 9.02. The predicted molar refractivity (Wildman–Crippen MR) is 106 cm³/mol. The average molecular weight is 341 g/mol. The summed E-state index contributed by atoms with van der Waals surface area (Å²) in [6.07, 6.45) is 1.07. The summed E-state index contributed by atoms with van der Waals surface area (Å²) in [4.78, 5) is 0. The van der Waals surface area contributed by atoms with E-state index in [1.54, 1.807) is 7.11 Å². The first kappa shape index (κ1) is 19.4. The molecule has 1 aliphatic heterocycles. The van der Waals surface area contributed by atoms with Crippen LogP contribution >= 0.6 is 0 Å². The molecule has 1 aliphatic rings. The first-order valence-electron chi connectivity index (χ1n) is 9.02. The van der Waals surface area contributed by atoms with Gasteiger partial charge in [-0.3, -0.25) is 0 Å². The highest BCUT2D eigenvalue weighted by Gasteiger charge is 2.18. The van der Waals surface area contributed by atoms with E-state index in [-0.39, 0.29) is 10.8 Å². The molecule has 2 nitrogen and oxygen atoms in total. The molecule has 0 saturated heterocycles. The van der Waals surface area contributed by atoms with Crippen molar-refractivity contribution in [3.8, 4) is 11.5 Å². The van der Waals surface area contributed by atoms with Crippen LogP contribution in [0, 0.1) is 0 Å². The van der Waals surface area contributed by atoms with Crippen molar-refractivity contribution in [1.29, 1.82) is 0 Å². The molecule has 25 heavy (non-hydrogen) atoms. The van der Waals surface area contributed by atoms with Crippen LogP contribution in [0.4, 0.5) is 0 Å². The van der Waals surface area contributed by atoms with Crippen LogP contribution in [-0.2, 0) is 17.3 Å². The zero-order valence-electron chi connectivity index (χ0n) is 16.8. The van der Waals surface area contributed by atoms with Crippen molar-refractivity contribution in [2.45, 2.75) is 58.8 Å². The molecule has 2 aromatic carbocycles. The van der Waals surface area contributed by atoms with Crippen molar-refractivity contribution in [2.24, 2.45) is 0 Å². The molecule has 2 aromatic rings. The maximum Gasteiger partial charge on any atom is 0.122 e. The van der Waals surface area contributed by atoms with E-state index >= 15 is 0 Å². The highest BCUT2D eigenvalue weighted by atomic mass is 16.5. The highest BCUT2D eigenvalue weighted by molar-refractivity contribution is 5.41. The van der Waals surface area contributed by atoms with Gasteiger partial charge in [0, 0.05) is 6.42 Å². The Hall–Kier alpha value is -1.96. The summed E-state index contributed by atoms with van der Waals surface area (Å²) in [7, 11) is 1.69. The molecular formula is C23H32O2. The van der Waals surface area contributed by atoms with E-state index in [9.17, 15) is 0 Å². The number of hydrogen-bond acceptors (Lipinski definition) is 2. The van der Waals surface area contributed by atoms with Crippen molar-refractivity contribution in [3.63, 3.8) is 0 Å². The minimum absolute atomic E-state index is 0.228. The van der Waals surface area contributed by atoms with Crippen LogP contribution in [0.25, 0.3) is 0 Å². The molecular weight excluding hydrogens is 308 g/mol. The van der Waals surface area contributed by atoms with Crippen LogP contribution < -0.4 is 9.47 Å². The average Bonchev–Trinajstić information content (AvgIpc) is 3.01. The number of methoxy groups -OCH3 is 1. The van der Waals surface area contributed by atoms with Gasteiger partial charge in [0.2, 0.25) is 0 Å². The van der Waals surface area contributed by atoms with Crippen LogP contribution in [0.5, 0.6) is 11.5 Å². The van der Waals surface area contributed by atoms with Gasteiger partial charge in [0.15, 0.2) is 0 Å². The summed E-state index contributed by atoms with van der Waals surface area (Å²) in [6.45, 7) is 14.2. The fourth-order valence-electron chi connectivity index (χ4n) is 2.74. The van der Waals surface area contributed by atoms with Crippen molar-refractivity contribution in [1.82, 2.24) is 0 Å². The molecule has 0 aliphatic carbocycles. The zero-order valence-corrected chi connectivity index (χ0v) is 16.8. The first-order chi connectivity index (χ1) is 11.6. The lowest BCUT2D eigenvalue weighted by molar-refractivity contribution is 0.356. The molecule has 2 heteroatoms. The normalized spacial score (nSPS) is 13.4. The van der Waals surface area contributed by atoms with E-state index in [1.807, 2.05) is 12.1 Å². The quantitative estimate of drug-likeness (QED) is 0.642. The molecule has 0 unspecified atom stereocenters. The Kier molecular flexibility index (Phi) is 5.82. The largest absolute Gasteiger partial charge is 0.497 e. The summed E-state index contributed by atoms with van der Waals surface area (Å²) in [5, 5.41) is 0. The molecule has 0 bridgehead atoms. The van der Waals surface area contributed by atoms with Gasteiger partial charge in [-0.1, -0.05) is 65.8 Å². The van der Waals surface area contributed by atoms with Gasteiger partial charge in [0.25, 0.3) is 0 Å². The lowest BCUT2D eigenvalue weighted by atomic mass is 9.86. The topological polar surface area (TPSA) is 18.5 Å². The number of hydrogen-bond donors (Lipinski definition) is 0.